The summed E-state index contributed by atoms with van der Waals surface area (Å²) in [5.74, 6) is 1.75. The van der Waals surface area contributed by atoms with Gasteiger partial charge in [0.1, 0.15) is 15.0 Å². The molecule has 5 heterocycles. The van der Waals surface area contributed by atoms with Crippen LogP contribution >= 0.6 is 11.3 Å². The first-order valence-corrected chi connectivity index (χ1v) is 17.7. The maximum Gasteiger partial charge on any atom is 0.277 e. The minimum absolute atomic E-state index is 0.0627. The predicted octanol–water partition coefficient (Wildman–Crippen LogP) is 7.44. The molecule has 8 nitrogen and oxygen atoms in total. The van der Waals surface area contributed by atoms with Crippen molar-refractivity contribution in [1.29, 1.82) is 0 Å². The van der Waals surface area contributed by atoms with E-state index in [1.165, 1.54) is 30.6 Å². The Morgan fingerprint density at radius 1 is 0.933 bits per heavy atom. The number of pyridine rings is 1. The van der Waals surface area contributed by atoms with Crippen molar-refractivity contribution in [1.82, 2.24) is 28.7 Å². The molecular formula is C36H48N6O2S. The van der Waals surface area contributed by atoms with Crippen molar-refractivity contribution in [2.45, 2.75) is 86.6 Å². The molecule has 0 bridgehead atoms. The molecule has 4 aromatic heterocycles. The first kappa shape index (κ1) is 31.7. The Labute approximate surface area is 270 Å². The Morgan fingerprint density at radius 2 is 1.64 bits per heavy atom. The summed E-state index contributed by atoms with van der Waals surface area (Å²) in [5.41, 5.74) is 5.06. The van der Waals surface area contributed by atoms with Gasteiger partial charge in [0.15, 0.2) is 0 Å². The van der Waals surface area contributed by atoms with E-state index in [1.54, 1.807) is 4.40 Å². The smallest absolute Gasteiger partial charge is 0.277 e. The van der Waals surface area contributed by atoms with Crippen LogP contribution in [0.5, 0.6) is 0 Å². The minimum atomic E-state index is -0.0654. The maximum atomic E-state index is 14.2. The van der Waals surface area contributed by atoms with Crippen LogP contribution in [0.1, 0.15) is 87.8 Å². The van der Waals surface area contributed by atoms with Crippen molar-refractivity contribution in [3.8, 4) is 0 Å². The summed E-state index contributed by atoms with van der Waals surface area (Å²) in [6, 6.07) is 7.92. The zero-order chi connectivity index (χ0) is 31.8. The van der Waals surface area contributed by atoms with E-state index in [0.717, 1.165) is 96.6 Å². The molecule has 240 valence electrons. The molecule has 0 radical (unpaired) electrons. The molecule has 1 aliphatic heterocycles. The van der Waals surface area contributed by atoms with Crippen LogP contribution in [0.2, 0.25) is 0 Å². The molecule has 0 spiro atoms. The van der Waals surface area contributed by atoms with Crippen LogP contribution in [0.25, 0.3) is 37.2 Å². The molecule has 5 aromatic rings. The van der Waals surface area contributed by atoms with Crippen molar-refractivity contribution in [2.75, 3.05) is 32.7 Å². The second-order valence-corrected chi connectivity index (χ2v) is 14.9. The largest absolute Gasteiger partial charge is 0.339 e. The number of benzene rings is 1. The van der Waals surface area contributed by atoms with Gasteiger partial charge in [-0.2, -0.15) is 0 Å². The molecule has 45 heavy (non-hydrogen) atoms. The zero-order valence-corrected chi connectivity index (χ0v) is 28.7. The maximum absolute atomic E-state index is 14.2. The molecule has 1 saturated heterocycles. The molecule has 0 N–H and O–H groups in total. The highest BCUT2D eigenvalue weighted by Crippen LogP contribution is 2.33. The van der Waals surface area contributed by atoms with Gasteiger partial charge in [0, 0.05) is 36.3 Å². The lowest BCUT2D eigenvalue weighted by Gasteiger charge is -2.26. The normalized spacial score (nSPS) is 14.7. The number of amides is 1. The third-order valence-electron chi connectivity index (χ3n) is 9.31. The third-order valence-corrected chi connectivity index (χ3v) is 10.4. The molecule has 0 saturated carbocycles. The highest BCUT2D eigenvalue weighted by Gasteiger charge is 2.23. The lowest BCUT2D eigenvalue weighted by atomic mass is 10.1. The number of likely N-dealkylation sites (tertiary alicyclic amines) is 1. The monoisotopic (exact) mass is 628 g/mol. The predicted molar refractivity (Wildman–Crippen MR) is 187 cm³/mol. The number of fused-ring (bicyclic) bond motifs is 6. The number of hydrogen-bond acceptors (Lipinski definition) is 6. The number of aryl methyl sites for hydroxylation is 3. The van der Waals surface area contributed by atoms with E-state index in [4.69, 9.17) is 9.97 Å². The highest BCUT2D eigenvalue weighted by molar-refractivity contribution is 7.25. The van der Waals surface area contributed by atoms with Gasteiger partial charge < -0.3 is 14.4 Å². The van der Waals surface area contributed by atoms with Crippen molar-refractivity contribution >= 4 is 54.5 Å². The van der Waals surface area contributed by atoms with Crippen LogP contribution in [-0.2, 0) is 6.54 Å². The average Bonchev–Trinajstić information content (AvgIpc) is 3.53. The number of imidazole rings is 1. The van der Waals surface area contributed by atoms with Crippen molar-refractivity contribution in [3.05, 3.63) is 51.4 Å². The standard InChI is InChI=1S/C36H48N6O2S/c1-23(2)13-19-40(20-14-24(3)4)34(43)27-11-12-28-29(22-27)41(18-10-17-39-15-8-7-9-16-39)36-38-31-30-25(5)21-26(6)37-33(30)45-32(31)35(44)42(28)36/h11-12,21-24H,7-10,13-20H2,1-6H3. The van der Waals surface area contributed by atoms with Gasteiger partial charge in [-0.25, -0.2) is 14.4 Å². The Kier molecular flexibility index (Phi) is 9.29. The lowest BCUT2D eigenvalue weighted by molar-refractivity contribution is 0.0741. The highest BCUT2D eigenvalue weighted by atomic mass is 32.1. The van der Waals surface area contributed by atoms with Gasteiger partial charge in [0.05, 0.1) is 11.0 Å². The number of rotatable bonds is 11. The van der Waals surface area contributed by atoms with Gasteiger partial charge in [-0.05, 0) is 107 Å². The van der Waals surface area contributed by atoms with Crippen LogP contribution < -0.4 is 5.56 Å². The summed E-state index contributed by atoms with van der Waals surface area (Å²) in [6.07, 6.45) is 6.73. The van der Waals surface area contributed by atoms with E-state index in [9.17, 15) is 9.59 Å². The number of carbonyl (C=O) groups is 1. The summed E-state index contributed by atoms with van der Waals surface area (Å²) >= 11 is 1.43. The Balaban J connectivity index is 1.48. The van der Waals surface area contributed by atoms with E-state index in [2.05, 4.69) is 50.2 Å². The Bertz CT molecular complexity index is 1900. The van der Waals surface area contributed by atoms with E-state index in [-0.39, 0.29) is 11.5 Å². The second kappa shape index (κ2) is 13.2. The number of aromatic nitrogens is 4. The van der Waals surface area contributed by atoms with Crippen LogP contribution in [0.4, 0.5) is 0 Å². The SMILES string of the molecule is Cc1cc(C)c2c(n1)sc1c(=O)n3c4ccc(C(=O)N(CCC(C)C)CCC(C)C)cc4n(CCCN4CCCCC4)c3nc12. The van der Waals surface area contributed by atoms with Gasteiger partial charge in [0.2, 0.25) is 5.78 Å². The number of piperidine rings is 1. The first-order chi connectivity index (χ1) is 21.6. The van der Waals surface area contributed by atoms with E-state index < -0.39 is 0 Å². The lowest BCUT2D eigenvalue weighted by Crippen LogP contribution is -2.34. The van der Waals surface area contributed by atoms with Crippen molar-refractivity contribution in [2.24, 2.45) is 11.8 Å². The van der Waals surface area contributed by atoms with E-state index >= 15 is 0 Å². The quantitative estimate of drug-likeness (QED) is 0.152. The second-order valence-electron chi connectivity index (χ2n) is 13.9. The minimum Gasteiger partial charge on any atom is -0.339 e. The molecule has 1 amide bonds. The molecule has 0 atom stereocenters. The van der Waals surface area contributed by atoms with Gasteiger partial charge in [-0.1, -0.05) is 34.1 Å². The number of hydrogen-bond donors (Lipinski definition) is 0. The fourth-order valence-electron chi connectivity index (χ4n) is 6.77. The van der Waals surface area contributed by atoms with Gasteiger partial charge in [-0.3, -0.25) is 9.59 Å². The third kappa shape index (κ3) is 6.39. The molecule has 9 heteroatoms. The Hall–Kier alpha value is -3.30. The zero-order valence-electron chi connectivity index (χ0n) is 27.9. The summed E-state index contributed by atoms with van der Waals surface area (Å²) < 4.78 is 4.58. The fourth-order valence-corrected chi connectivity index (χ4v) is 7.93. The number of carbonyl (C=O) groups excluding carboxylic acids is 1. The topological polar surface area (TPSA) is 75.7 Å². The number of nitrogens with zero attached hydrogens (tertiary/aromatic N) is 6. The average molecular weight is 629 g/mol. The van der Waals surface area contributed by atoms with Crippen molar-refractivity contribution in [3.63, 3.8) is 0 Å². The van der Waals surface area contributed by atoms with Crippen molar-refractivity contribution < 1.29 is 4.79 Å². The number of thiophene rings is 1. The molecule has 0 unspecified atom stereocenters. The molecule has 1 fully saturated rings. The molecule has 0 aliphatic carbocycles. The fraction of sp³-hybridized carbons (Fsp3) is 0.556. The summed E-state index contributed by atoms with van der Waals surface area (Å²) in [6.45, 7) is 18.4. The molecule has 6 rings (SSSR count). The Morgan fingerprint density at radius 3 is 2.33 bits per heavy atom. The molecule has 1 aliphatic rings. The molecular weight excluding hydrogens is 581 g/mol. The summed E-state index contributed by atoms with van der Waals surface area (Å²) in [7, 11) is 0. The first-order valence-electron chi connectivity index (χ1n) is 16.9. The summed E-state index contributed by atoms with van der Waals surface area (Å²) in [5, 5.41) is 0.965. The van der Waals surface area contributed by atoms with Crippen LogP contribution in [0.15, 0.2) is 29.1 Å². The van der Waals surface area contributed by atoms with Gasteiger partial charge >= 0.3 is 0 Å². The van der Waals surface area contributed by atoms with Crippen LogP contribution in [0.3, 0.4) is 0 Å². The summed E-state index contributed by atoms with van der Waals surface area (Å²) in [4.78, 5) is 43.6. The molecule has 1 aromatic carbocycles. The van der Waals surface area contributed by atoms with Gasteiger partial charge in [-0.15, -0.1) is 11.3 Å². The van der Waals surface area contributed by atoms with Gasteiger partial charge in [0.25, 0.3) is 11.5 Å². The van der Waals surface area contributed by atoms with E-state index in [0.29, 0.717) is 27.9 Å². The van der Waals surface area contributed by atoms with Crippen LogP contribution in [0, 0.1) is 25.7 Å². The van der Waals surface area contributed by atoms with Crippen LogP contribution in [-0.4, -0.2) is 67.4 Å². The van der Waals surface area contributed by atoms with E-state index in [1.807, 2.05) is 30.0 Å².